The van der Waals surface area contributed by atoms with Gasteiger partial charge in [0.25, 0.3) is 0 Å². The summed E-state index contributed by atoms with van der Waals surface area (Å²) in [6.07, 6.45) is 0. The second-order valence-electron chi connectivity index (χ2n) is 7.36. The van der Waals surface area contributed by atoms with Crippen molar-refractivity contribution in [1.29, 1.82) is 0 Å². The largest absolute Gasteiger partial charge is 0.326 e. The molecule has 3 amide bonds. The Kier molecular flexibility index (Phi) is 5.02. The highest BCUT2D eigenvalue weighted by molar-refractivity contribution is 6.29. The lowest BCUT2D eigenvalue weighted by Gasteiger charge is -2.27. The smallest absolute Gasteiger partial charge is 0.246 e. The van der Waals surface area contributed by atoms with Crippen molar-refractivity contribution in [3.05, 3.63) is 70.6 Å². The number of amides is 3. The van der Waals surface area contributed by atoms with Crippen LogP contribution in [0, 0.1) is 0 Å². The minimum Gasteiger partial charge on any atom is -0.326 e. The number of nitrogens with one attached hydrogen (secondary N) is 3. The average Bonchev–Trinajstić information content (AvgIpc) is 3.15. The molecule has 0 spiro atoms. The summed E-state index contributed by atoms with van der Waals surface area (Å²) >= 11 is 6.27. The molecular weight excluding hydrogens is 418 g/mol. The first-order valence-corrected chi connectivity index (χ1v) is 9.91. The molecule has 0 atom stereocenters. The van der Waals surface area contributed by atoms with Crippen LogP contribution in [0.1, 0.15) is 30.7 Å². The topological polar surface area (TPSA) is 105 Å². The molecule has 0 unspecified atom stereocenters. The first kappa shape index (κ1) is 20.6. The molecule has 1 aliphatic heterocycles. The Morgan fingerprint density at radius 1 is 0.935 bits per heavy atom. The Bertz CT molecular complexity index is 1140. The number of hydrogen-bond donors (Lipinski definition) is 3. The number of rotatable bonds is 4. The SMILES string of the molecule is CC(=O)Nc1ccc(C2(c3ccc(NC(C)=O)cc3)C(=O)Nc3c2nc(Cl)n3C)cc1. The molecule has 3 N–H and O–H groups in total. The quantitative estimate of drug-likeness (QED) is 0.582. The Morgan fingerprint density at radius 3 is 1.81 bits per heavy atom. The lowest BCUT2D eigenvalue weighted by Crippen LogP contribution is -2.37. The monoisotopic (exact) mass is 437 g/mol. The molecule has 0 radical (unpaired) electrons. The van der Waals surface area contributed by atoms with E-state index in [4.69, 9.17) is 11.6 Å². The van der Waals surface area contributed by atoms with Crippen LogP contribution in [0.3, 0.4) is 0 Å². The minimum atomic E-state index is -1.25. The summed E-state index contributed by atoms with van der Waals surface area (Å²) < 4.78 is 1.62. The normalized spacial score (nSPS) is 14.0. The highest BCUT2D eigenvalue weighted by Gasteiger charge is 2.53. The molecule has 0 fully saturated rings. The molecular formula is C22H20ClN5O3. The van der Waals surface area contributed by atoms with Crippen molar-refractivity contribution in [1.82, 2.24) is 9.55 Å². The van der Waals surface area contributed by atoms with E-state index in [9.17, 15) is 14.4 Å². The Hall–Kier alpha value is -3.65. The van der Waals surface area contributed by atoms with E-state index in [0.717, 1.165) is 0 Å². The summed E-state index contributed by atoms with van der Waals surface area (Å²) in [5.41, 5.74) is 1.81. The van der Waals surface area contributed by atoms with Gasteiger partial charge in [-0.1, -0.05) is 24.3 Å². The first-order chi connectivity index (χ1) is 14.7. The zero-order valence-electron chi connectivity index (χ0n) is 17.1. The van der Waals surface area contributed by atoms with E-state index in [2.05, 4.69) is 20.9 Å². The van der Waals surface area contributed by atoms with Gasteiger partial charge in [-0.2, -0.15) is 0 Å². The van der Waals surface area contributed by atoms with E-state index in [1.165, 1.54) is 13.8 Å². The molecule has 158 valence electrons. The van der Waals surface area contributed by atoms with Crippen LogP contribution in [0.15, 0.2) is 48.5 Å². The third kappa shape index (κ3) is 3.34. The maximum absolute atomic E-state index is 13.5. The van der Waals surface area contributed by atoms with Crippen molar-refractivity contribution in [3.8, 4) is 0 Å². The molecule has 8 nitrogen and oxygen atoms in total. The highest BCUT2D eigenvalue weighted by atomic mass is 35.5. The van der Waals surface area contributed by atoms with Gasteiger partial charge in [-0.3, -0.25) is 14.4 Å². The van der Waals surface area contributed by atoms with Gasteiger partial charge in [0, 0.05) is 32.3 Å². The van der Waals surface area contributed by atoms with E-state index in [1.54, 1.807) is 60.1 Å². The van der Waals surface area contributed by atoms with Crippen molar-refractivity contribution >= 4 is 46.5 Å². The Labute approximate surface area is 183 Å². The van der Waals surface area contributed by atoms with E-state index in [1.807, 2.05) is 0 Å². The maximum atomic E-state index is 13.5. The summed E-state index contributed by atoms with van der Waals surface area (Å²) in [5.74, 6) is -0.120. The summed E-state index contributed by atoms with van der Waals surface area (Å²) in [5, 5.41) is 8.60. The van der Waals surface area contributed by atoms with Gasteiger partial charge in [-0.15, -0.1) is 0 Å². The molecule has 9 heteroatoms. The molecule has 1 aliphatic rings. The zero-order valence-corrected chi connectivity index (χ0v) is 17.9. The van der Waals surface area contributed by atoms with Gasteiger partial charge >= 0.3 is 0 Å². The summed E-state index contributed by atoms with van der Waals surface area (Å²) in [6.45, 7) is 2.86. The van der Waals surface area contributed by atoms with Gasteiger partial charge in [-0.25, -0.2) is 4.98 Å². The minimum absolute atomic E-state index is 0.187. The number of halogens is 1. The van der Waals surface area contributed by atoms with Gasteiger partial charge in [0.15, 0.2) is 0 Å². The second kappa shape index (κ2) is 7.55. The van der Waals surface area contributed by atoms with Crippen molar-refractivity contribution in [2.45, 2.75) is 19.3 Å². The molecule has 1 aromatic heterocycles. The molecule has 3 aromatic rings. The number of hydrogen-bond acceptors (Lipinski definition) is 4. The first-order valence-electron chi connectivity index (χ1n) is 9.54. The standard InChI is InChI=1S/C22H20ClN5O3/c1-12(29)24-16-8-4-14(5-9-16)22(15-6-10-17(11-7-15)25-13(2)30)18-19(27-20(22)31)28(3)21(23)26-18/h4-11H,1-3H3,(H,24,29)(H,25,30)(H,27,31). The number of aromatic nitrogens is 2. The van der Waals surface area contributed by atoms with Crippen LogP contribution in [0.25, 0.3) is 0 Å². The number of nitrogens with zero attached hydrogens (tertiary/aromatic N) is 2. The molecule has 0 aliphatic carbocycles. The lowest BCUT2D eigenvalue weighted by atomic mass is 9.72. The van der Waals surface area contributed by atoms with Crippen molar-refractivity contribution < 1.29 is 14.4 Å². The van der Waals surface area contributed by atoms with Crippen LogP contribution in [0.2, 0.25) is 5.28 Å². The van der Waals surface area contributed by atoms with E-state index in [-0.39, 0.29) is 23.0 Å². The number of carbonyl (C=O) groups excluding carboxylic acids is 3. The van der Waals surface area contributed by atoms with Crippen molar-refractivity contribution in [3.63, 3.8) is 0 Å². The number of carbonyl (C=O) groups is 3. The second-order valence-corrected chi connectivity index (χ2v) is 7.70. The van der Waals surface area contributed by atoms with Gasteiger partial charge < -0.3 is 20.5 Å². The molecule has 2 heterocycles. The molecule has 31 heavy (non-hydrogen) atoms. The molecule has 4 rings (SSSR count). The maximum Gasteiger partial charge on any atom is 0.246 e. The van der Waals surface area contributed by atoms with Gasteiger partial charge in [0.2, 0.25) is 23.0 Å². The molecule has 0 saturated carbocycles. The fraction of sp³-hybridized carbons (Fsp3) is 0.182. The fourth-order valence-electron chi connectivity index (χ4n) is 3.90. The summed E-state index contributed by atoms with van der Waals surface area (Å²) in [7, 11) is 1.73. The van der Waals surface area contributed by atoms with E-state index in [0.29, 0.717) is 34.0 Å². The van der Waals surface area contributed by atoms with E-state index < -0.39 is 5.41 Å². The van der Waals surface area contributed by atoms with Gasteiger partial charge in [0.1, 0.15) is 16.9 Å². The third-order valence-corrected chi connectivity index (χ3v) is 5.58. The number of fused-ring (bicyclic) bond motifs is 1. The fourth-order valence-corrected chi connectivity index (χ4v) is 4.07. The number of benzene rings is 2. The predicted molar refractivity (Wildman–Crippen MR) is 118 cm³/mol. The van der Waals surface area contributed by atoms with Crippen LogP contribution < -0.4 is 16.0 Å². The zero-order chi connectivity index (χ0) is 22.3. The van der Waals surface area contributed by atoms with Crippen LogP contribution in [-0.2, 0) is 26.8 Å². The highest BCUT2D eigenvalue weighted by Crippen LogP contribution is 2.48. The van der Waals surface area contributed by atoms with Crippen molar-refractivity contribution in [2.24, 2.45) is 7.05 Å². The number of imidazole rings is 1. The average molecular weight is 438 g/mol. The molecule has 2 aromatic carbocycles. The van der Waals surface area contributed by atoms with E-state index >= 15 is 0 Å². The predicted octanol–water partition coefficient (Wildman–Crippen LogP) is 3.28. The lowest BCUT2D eigenvalue weighted by molar-refractivity contribution is -0.118. The van der Waals surface area contributed by atoms with Crippen LogP contribution in [-0.4, -0.2) is 27.3 Å². The van der Waals surface area contributed by atoms with Crippen molar-refractivity contribution in [2.75, 3.05) is 16.0 Å². The van der Waals surface area contributed by atoms with Crippen LogP contribution in [0.5, 0.6) is 0 Å². The van der Waals surface area contributed by atoms with Crippen LogP contribution >= 0.6 is 11.6 Å². The Morgan fingerprint density at radius 2 is 1.39 bits per heavy atom. The molecule has 0 bridgehead atoms. The summed E-state index contributed by atoms with van der Waals surface area (Å²) in [6, 6.07) is 14.1. The number of anilines is 3. The van der Waals surface area contributed by atoms with Crippen LogP contribution in [0.4, 0.5) is 17.2 Å². The Balaban J connectivity index is 1.90. The molecule has 0 saturated heterocycles. The van der Waals surface area contributed by atoms with Gasteiger partial charge in [-0.05, 0) is 47.0 Å². The third-order valence-electron chi connectivity index (χ3n) is 5.24. The van der Waals surface area contributed by atoms with Gasteiger partial charge in [0.05, 0.1) is 0 Å². The summed E-state index contributed by atoms with van der Waals surface area (Å²) in [4.78, 5) is 40.7.